The van der Waals surface area contributed by atoms with Crippen molar-refractivity contribution in [3.63, 3.8) is 0 Å². The molecule has 0 aliphatic heterocycles. The Kier molecular flexibility index (Phi) is 6.12. The second-order valence-electron chi connectivity index (χ2n) is 6.59. The number of aryl methyl sites for hydroxylation is 1. The van der Waals surface area contributed by atoms with E-state index in [0.717, 1.165) is 0 Å². The van der Waals surface area contributed by atoms with Crippen LogP contribution < -0.4 is 14.8 Å². The van der Waals surface area contributed by atoms with Crippen molar-refractivity contribution in [1.82, 2.24) is 9.88 Å². The number of carbonyl (C=O) groups excluding carboxylic acids is 3. The highest BCUT2D eigenvalue weighted by atomic mass is 16.5. The van der Waals surface area contributed by atoms with E-state index in [-0.39, 0.29) is 28.6 Å². The fourth-order valence-electron chi connectivity index (χ4n) is 3.09. The summed E-state index contributed by atoms with van der Waals surface area (Å²) >= 11 is 0. The molecule has 1 heterocycles. The molecule has 0 aliphatic rings. The van der Waals surface area contributed by atoms with Crippen molar-refractivity contribution >= 4 is 23.3 Å². The number of methoxy groups -OCH3 is 2. The molecular weight excluding hydrogens is 362 g/mol. The number of Topliss-reactive ketones (excluding diaryl/α,β-unsaturated/α-hetero) is 1. The maximum absolute atomic E-state index is 12.9. The second-order valence-corrected chi connectivity index (χ2v) is 6.59. The average molecular weight is 387 g/mol. The molecule has 2 N–H and O–H groups in total. The Morgan fingerprint density at radius 1 is 1.04 bits per heavy atom. The monoisotopic (exact) mass is 387 g/mol. The van der Waals surface area contributed by atoms with Crippen LogP contribution in [0.3, 0.4) is 0 Å². The lowest BCUT2D eigenvalue weighted by Crippen LogP contribution is -2.24. The molecule has 0 unspecified atom stereocenters. The summed E-state index contributed by atoms with van der Waals surface area (Å²) in [6.45, 7) is 4.89. The zero-order valence-electron chi connectivity index (χ0n) is 17.1. The van der Waals surface area contributed by atoms with Gasteiger partial charge in [0, 0.05) is 31.4 Å². The van der Waals surface area contributed by atoms with Gasteiger partial charge in [0.2, 0.25) is 0 Å². The van der Waals surface area contributed by atoms with Crippen LogP contribution in [0, 0.1) is 13.8 Å². The molecule has 2 aromatic rings. The molecule has 0 bridgehead atoms. The first-order chi connectivity index (χ1) is 13.1. The van der Waals surface area contributed by atoms with Crippen molar-refractivity contribution in [2.75, 3.05) is 33.6 Å². The molecule has 1 aromatic carbocycles. The first-order valence-electron chi connectivity index (χ1n) is 8.61. The maximum Gasteiger partial charge on any atom is 0.272 e. The first kappa shape index (κ1) is 21.0. The second kappa shape index (κ2) is 8.16. The van der Waals surface area contributed by atoms with Crippen LogP contribution in [-0.2, 0) is 0 Å². The van der Waals surface area contributed by atoms with Crippen molar-refractivity contribution < 1.29 is 23.9 Å². The van der Waals surface area contributed by atoms with Gasteiger partial charge in [-0.2, -0.15) is 0 Å². The Hall–Kier alpha value is -3.29. The summed E-state index contributed by atoms with van der Waals surface area (Å²) in [5.41, 5.74) is 2.46. The Morgan fingerprint density at radius 3 is 2.07 bits per heavy atom. The molecule has 1 aromatic heterocycles. The number of H-pyrrole nitrogens is 1. The summed E-state index contributed by atoms with van der Waals surface area (Å²) in [4.78, 5) is 41.6. The zero-order valence-corrected chi connectivity index (χ0v) is 17.1. The summed E-state index contributed by atoms with van der Waals surface area (Å²) in [6, 6.07) is 3.05. The number of hydrogen-bond acceptors (Lipinski definition) is 5. The summed E-state index contributed by atoms with van der Waals surface area (Å²) in [7, 11) is 6.16. The van der Waals surface area contributed by atoms with Gasteiger partial charge in [-0.05, 0) is 32.4 Å². The summed E-state index contributed by atoms with van der Waals surface area (Å²) in [6.07, 6.45) is 0. The van der Waals surface area contributed by atoms with Gasteiger partial charge in [0.15, 0.2) is 17.3 Å². The van der Waals surface area contributed by atoms with E-state index in [1.807, 2.05) is 0 Å². The van der Waals surface area contributed by atoms with Gasteiger partial charge in [-0.1, -0.05) is 0 Å². The highest BCUT2D eigenvalue weighted by molar-refractivity contribution is 6.11. The normalized spacial score (nSPS) is 10.4. The minimum absolute atomic E-state index is 0.125. The SMILES string of the molecule is COc1cc(NC(=O)c2[nH]c(C)c(C(C)=O)c2C)c(C(=O)N(C)C)cc1OC. The van der Waals surface area contributed by atoms with Gasteiger partial charge >= 0.3 is 0 Å². The number of nitrogens with zero attached hydrogens (tertiary/aromatic N) is 1. The fourth-order valence-corrected chi connectivity index (χ4v) is 3.09. The molecule has 28 heavy (non-hydrogen) atoms. The molecule has 2 amide bonds. The number of nitrogens with one attached hydrogen (secondary N) is 2. The van der Waals surface area contributed by atoms with Crippen molar-refractivity contribution in [3.8, 4) is 11.5 Å². The number of ketones is 1. The zero-order chi connectivity index (χ0) is 21.2. The van der Waals surface area contributed by atoms with Crippen LogP contribution in [0.2, 0.25) is 0 Å². The van der Waals surface area contributed by atoms with E-state index >= 15 is 0 Å². The molecule has 0 spiro atoms. The van der Waals surface area contributed by atoms with Crippen LogP contribution >= 0.6 is 0 Å². The van der Waals surface area contributed by atoms with E-state index in [1.165, 1.54) is 38.2 Å². The third kappa shape index (κ3) is 3.85. The van der Waals surface area contributed by atoms with Crippen LogP contribution in [0.15, 0.2) is 12.1 Å². The molecule has 8 nitrogen and oxygen atoms in total. The summed E-state index contributed by atoms with van der Waals surface area (Å²) in [5.74, 6) is -0.151. The maximum atomic E-state index is 12.9. The van der Waals surface area contributed by atoms with Crippen molar-refractivity contribution in [2.45, 2.75) is 20.8 Å². The Labute approximate surface area is 163 Å². The number of rotatable bonds is 6. The van der Waals surface area contributed by atoms with E-state index in [2.05, 4.69) is 10.3 Å². The number of anilines is 1. The number of ether oxygens (including phenoxy) is 2. The number of amides is 2. The highest BCUT2D eigenvalue weighted by Gasteiger charge is 2.23. The predicted molar refractivity (Wildman–Crippen MR) is 106 cm³/mol. The van der Waals surface area contributed by atoms with Crippen LogP contribution in [0.5, 0.6) is 11.5 Å². The smallest absolute Gasteiger partial charge is 0.272 e. The third-order valence-corrected chi connectivity index (χ3v) is 4.43. The van der Waals surface area contributed by atoms with Crippen LogP contribution in [0.4, 0.5) is 5.69 Å². The van der Waals surface area contributed by atoms with E-state index in [0.29, 0.717) is 28.3 Å². The van der Waals surface area contributed by atoms with Gasteiger partial charge < -0.3 is 24.7 Å². The molecule has 0 aliphatic carbocycles. The molecule has 0 saturated heterocycles. The molecule has 0 atom stereocenters. The fraction of sp³-hybridized carbons (Fsp3) is 0.350. The topological polar surface area (TPSA) is 101 Å². The van der Waals surface area contributed by atoms with Gasteiger partial charge in [0.05, 0.1) is 25.5 Å². The van der Waals surface area contributed by atoms with Crippen LogP contribution in [0.25, 0.3) is 0 Å². The van der Waals surface area contributed by atoms with Gasteiger partial charge in [-0.25, -0.2) is 0 Å². The lowest BCUT2D eigenvalue weighted by Gasteiger charge is -2.18. The average Bonchev–Trinajstić information content (AvgIpc) is 2.94. The minimum Gasteiger partial charge on any atom is -0.493 e. The quantitative estimate of drug-likeness (QED) is 0.743. The number of carbonyl (C=O) groups is 3. The summed E-state index contributed by atoms with van der Waals surface area (Å²) < 4.78 is 10.5. The highest BCUT2D eigenvalue weighted by Crippen LogP contribution is 2.34. The lowest BCUT2D eigenvalue weighted by molar-refractivity contribution is 0.0828. The molecular formula is C20H25N3O5. The molecule has 0 saturated carbocycles. The van der Waals surface area contributed by atoms with E-state index in [9.17, 15) is 14.4 Å². The largest absolute Gasteiger partial charge is 0.493 e. The molecule has 8 heteroatoms. The van der Waals surface area contributed by atoms with Crippen molar-refractivity contribution in [3.05, 3.63) is 40.2 Å². The van der Waals surface area contributed by atoms with Crippen LogP contribution in [0.1, 0.15) is 49.4 Å². The van der Waals surface area contributed by atoms with Gasteiger partial charge in [0.1, 0.15) is 5.69 Å². The minimum atomic E-state index is -0.465. The Bertz CT molecular complexity index is 944. The number of hydrogen-bond donors (Lipinski definition) is 2. The number of aromatic amines is 1. The van der Waals surface area contributed by atoms with Gasteiger partial charge in [-0.15, -0.1) is 0 Å². The first-order valence-corrected chi connectivity index (χ1v) is 8.61. The third-order valence-electron chi connectivity index (χ3n) is 4.43. The number of benzene rings is 1. The molecule has 2 rings (SSSR count). The van der Waals surface area contributed by atoms with Crippen LogP contribution in [-0.4, -0.2) is 55.8 Å². The standard InChI is InChI=1S/C20H25N3O5/c1-10-17(12(3)24)11(2)21-18(10)19(25)22-14-9-16(28-7)15(27-6)8-13(14)20(26)23(4)5/h8-9,21H,1-7H3,(H,22,25). The van der Waals surface area contributed by atoms with E-state index in [1.54, 1.807) is 27.9 Å². The molecule has 150 valence electrons. The Balaban J connectivity index is 2.53. The summed E-state index contributed by atoms with van der Waals surface area (Å²) in [5, 5.41) is 2.74. The van der Waals surface area contributed by atoms with Crippen molar-refractivity contribution in [2.24, 2.45) is 0 Å². The van der Waals surface area contributed by atoms with Gasteiger partial charge in [-0.3, -0.25) is 14.4 Å². The molecule has 0 fully saturated rings. The van der Waals surface area contributed by atoms with E-state index in [4.69, 9.17) is 9.47 Å². The Morgan fingerprint density at radius 2 is 1.61 bits per heavy atom. The van der Waals surface area contributed by atoms with E-state index < -0.39 is 5.91 Å². The molecule has 0 radical (unpaired) electrons. The van der Waals surface area contributed by atoms with Crippen molar-refractivity contribution in [1.29, 1.82) is 0 Å². The predicted octanol–water partition coefficient (Wildman–Crippen LogP) is 2.81. The lowest BCUT2D eigenvalue weighted by atomic mass is 10.1. The van der Waals surface area contributed by atoms with Gasteiger partial charge in [0.25, 0.3) is 11.8 Å². The number of aromatic nitrogens is 1.